The number of piperidine rings is 1. The molecule has 0 saturated carbocycles. The number of hydrogen-bond donors (Lipinski definition) is 2. The molecule has 2 N–H and O–H groups in total. The molecule has 2 fully saturated rings. The summed E-state index contributed by atoms with van der Waals surface area (Å²) in [4.78, 5) is 42.3. The maximum Gasteiger partial charge on any atom is 0.327 e. The number of carbonyl (C=O) groups excluding carboxylic acids is 3. The number of anilines is 1. The number of amides is 4. The van der Waals surface area contributed by atoms with Gasteiger partial charge < -0.3 is 20.3 Å². The molecule has 0 spiro atoms. The van der Waals surface area contributed by atoms with Crippen LogP contribution in [0.15, 0.2) is 54.6 Å². The van der Waals surface area contributed by atoms with Crippen molar-refractivity contribution in [2.24, 2.45) is 0 Å². The van der Waals surface area contributed by atoms with E-state index in [0.29, 0.717) is 30.9 Å². The second kappa shape index (κ2) is 10.5. The van der Waals surface area contributed by atoms with Crippen molar-refractivity contribution in [3.05, 3.63) is 60.2 Å². The first-order valence-electron chi connectivity index (χ1n) is 11.5. The summed E-state index contributed by atoms with van der Waals surface area (Å²) < 4.78 is 5.58. The van der Waals surface area contributed by atoms with E-state index >= 15 is 0 Å². The molecule has 4 rings (SSSR count). The maximum absolute atomic E-state index is 13.4. The third kappa shape index (κ3) is 5.17. The second-order valence-corrected chi connectivity index (χ2v) is 8.25. The van der Waals surface area contributed by atoms with Gasteiger partial charge in [0.25, 0.3) is 0 Å². The monoisotopic (exact) mass is 450 g/mol. The molecule has 33 heavy (non-hydrogen) atoms. The molecule has 8 heteroatoms. The minimum Gasteiger partial charge on any atom is -0.492 e. The molecule has 0 bridgehead atoms. The van der Waals surface area contributed by atoms with Crippen LogP contribution < -0.4 is 15.4 Å². The Hall–Kier alpha value is -3.39. The van der Waals surface area contributed by atoms with Gasteiger partial charge in [-0.3, -0.25) is 14.5 Å². The lowest BCUT2D eigenvalue weighted by atomic mass is 9.93. The van der Waals surface area contributed by atoms with Crippen LogP contribution >= 0.6 is 0 Å². The lowest BCUT2D eigenvalue weighted by Gasteiger charge is -2.46. The highest BCUT2D eigenvalue weighted by Crippen LogP contribution is 2.26. The lowest BCUT2D eigenvalue weighted by molar-refractivity contribution is -0.138. The standard InChI is InChI=1S/C25H30N4O4/c1-2-33-21-13-7-6-11-19(21)27-22(30)17-29-20-12-8-15-26-23(20)24(31)28(25(29)32)16-14-18-9-4-3-5-10-18/h3-7,9-11,13,20,23,26H,2,8,12,14-17H2,1H3,(H,27,30). The number of carbonyl (C=O) groups is 3. The summed E-state index contributed by atoms with van der Waals surface area (Å²) in [6.45, 7) is 3.22. The zero-order valence-corrected chi connectivity index (χ0v) is 18.8. The summed E-state index contributed by atoms with van der Waals surface area (Å²) >= 11 is 0. The van der Waals surface area contributed by atoms with E-state index in [4.69, 9.17) is 4.74 Å². The summed E-state index contributed by atoms with van der Waals surface area (Å²) in [5.74, 6) is 0.0476. The highest BCUT2D eigenvalue weighted by atomic mass is 16.5. The van der Waals surface area contributed by atoms with Crippen LogP contribution in [0.3, 0.4) is 0 Å². The van der Waals surface area contributed by atoms with E-state index < -0.39 is 12.1 Å². The number of urea groups is 1. The lowest BCUT2D eigenvalue weighted by Crippen LogP contribution is -2.70. The van der Waals surface area contributed by atoms with Gasteiger partial charge in [-0.15, -0.1) is 0 Å². The van der Waals surface area contributed by atoms with Gasteiger partial charge in [0.15, 0.2) is 0 Å². The largest absolute Gasteiger partial charge is 0.492 e. The van der Waals surface area contributed by atoms with Crippen molar-refractivity contribution < 1.29 is 19.1 Å². The molecule has 2 saturated heterocycles. The van der Waals surface area contributed by atoms with Gasteiger partial charge in [-0.05, 0) is 50.4 Å². The van der Waals surface area contributed by atoms with E-state index in [1.54, 1.807) is 17.0 Å². The van der Waals surface area contributed by atoms with E-state index in [9.17, 15) is 14.4 Å². The van der Waals surface area contributed by atoms with E-state index in [1.165, 1.54) is 4.90 Å². The Bertz CT molecular complexity index is 997. The van der Waals surface area contributed by atoms with Gasteiger partial charge >= 0.3 is 6.03 Å². The van der Waals surface area contributed by atoms with Crippen LogP contribution in [0.2, 0.25) is 0 Å². The third-order valence-corrected chi connectivity index (χ3v) is 6.08. The Morgan fingerprint density at radius 2 is 1.88 bits per heavy atom. The van der Waals surface area contributed by atoms with Gasteiger partial charge in [0.2, 0.25) is 11.8 Å². The number of para-hydroxylation sites is 2. The predicted molar refractivity (Wildman–Crippen MR) is 125 cm³/mol. The number of imide groups is 1. The third-order valence-electron chi connectivity index (χ3n) is 6.08. The Labute approximate surface area is 193 Å². The number of nitrogens with zero attached hydrogens (tertiary/aromatic N) is 2. The van der Waals surface area contributed by atoms with Crippen LogP contribution in [0, 0.1) is 0 Å². The van der Waals surface area contributed by atoms with Gasteiger partial charge in [0, 0.05) is 6.54 Å². The quantitative estimate of drug-likeness (QED) is 0.645. The molecule has 2 aliphatic rings. The molecule has 2 aliphatic heterocycles. The first kappa shape index (κ1) is 22.8. The van der Waals surface area contributed by atoms with E-state index in [1.807, 2.05) is 49.4 Å². The van der Waals surface area contributed by atoms with Crippen molar-refractivity contribution in [1.29, 1.82) is 0 Å². The molecule has 0 radical (unpaired) electrons. The van der Waals surface area contributed by atoms with Crippen LogP contribution in [-0.4, -0.2) is 66.0 Å². The molecule has 2 atom stereocenters. The summed E-state index contributed by atoms with van der Waals surface area (Å²) in [7, 11) is 0. The van der Waals surface area contributed by atoms with Crippen LogP contribution in [0.4, 0.5) is 10.5 Å². The summed E-state index contributed by atoms with van der Waals surface area (Å²) in [5.41, 5.74) is 1.61. The smallest absolute Gasteiger partial charge is 0.327 e. The highest BCUT2D eigenvalue weighted by Gasteiger charge is 2.47. The van der Waals surface area contributed by atoms with Crippen molar-refractivity contribution in [3.63, 3.8) is 0 Å². The predicted octanol–water partition coefficient (Wildman–Crippen LogP) is 2.65. The Kier molecular flexibility index (Phi) is 7.24. The van der Waals surface area contributed by atoms with Crippen molar-refractivity contribution in [1.82, 2.24) is 15.1 Å². The van der Waals surface area contributed by atoms with Crippen molar-refractivity contribution >= 4 is 23.5 Å². The molecule has 4 amide bonds. The van der Waals surface area contributed by atoms with Crippen molar-refractivity contribution in [2.75, 3.05) is 31.6 Å². The highest BCUT2D eigenvalue weighted by molar-refractivity contribution is 6.03. The molecule has 2 heterocycles. The molecule has 8 nitrogen and oxygen atoms in total. The van der Waals surface area contributed by atoms with Crippen LogP contribution in [0.1, 0.15) is 25.3 Å². The number of ether oxygens (including phenoxy) is 1. The minimum absolute atomic E-state index is 0.128. The summed E-state index contributed by atoms with van der Waals surface area (Å²) in [6.07, 6.45) is 2.10. The molecule has 174 valence electrons. The normalized spacial score (nSPS) is 20.4. The summed E-state index contributed by atoms with van der Waals surface area (Å²) in [5, 5.41) is 6.12. The van der Waals surface area contributed by atoms with Gasteiger partial charge in [0.05, 0.1) is 18.3 Å². The Morgan fingerprint density at radius 1 is 1.12 bits per heavy atom. The molecule has 0 aromatic heterocycles. The topological polar surface area (TPSA) is 91.0 Å². The number of benzene rings is 2. The molecule has 2 aromatic rings. The van der Waals surface area contributed by atoms with Gasteiger partial charge in [-0.1, -0.05) is 42.5 Å². The SMILES string of the molecule is CCOc1ccccc1NC(=O)CN1C(=O)N(CCc2ccccc2)C(=O)C2NCCCC21. The van der Waals surface area contributed by atoms with Crippen molar-refractivity contribution in [2.45, 2.75) is 38.3 Å². The zero-order valence-electron chi connectivity index (χ0n) is 18.8. The van der Waals surface area contributed by atoms with Crippen LogP contribution in [0.5, 0.6) is 5.75 Å². The zero-order chi connectivity index (χ0) is 23.2. The fraction of sp³-hybridized carbons (Fsp3) is 0.400. The van der Waals surface area contributed by atoms with E-state index in [-0.39, 0.29) is 30.9 Å². The number of rotatable bonds is 8. The fourth-order valence-corrected chi connectivity index (χ4v) is 4.49. The molecular formula is C25H30N4O4. The van der Waals surface area contributed by atoms with Gasteiger partial charge in [-0.25, -0.2) is 4.79 Å². The van der Waals surface area contributed by atoms with Gasteiger partial charge in [0.1, 0.15) is 18.3 Å². The fourth-order valence-electron chi connectivity index (χ4n) is 4.49. The first-order chi connectivity index (χ1) is 16.1. The number of fused-ring (bicyclic) bond motifs is 1. The Balaban J connectivity index is 1.49. The minimum atomic E-state index is -0.490. The second-order valence-electron chi connectivity index (χ2n) is 8.25. The van der Waals surface area contributed by atoms with Crippen molar-refractivity contribution in [3.8, 4) is 5.75 Å². The first-order valence-corrected chi connectivity index (χ1v) is 11.5. The maximum atomic E-state index is 13.4. The van der Waals surface area contributed by atoms with E-state index in [2.05, 4.69) is 10.6 Å². The molecular weight excluding hydrogens is 420 g/mol. The average molecular weight is 451 g/mol. The van der Waals surface area contributed by atoms with Crippen LogP contribution in [0.25, 0.3) is 0 Å². The number of nitrogens with one attached hydrogen (secondary N) is 2. The Morgan fingerprint density at radius 3 is 2.67 bits per heavy atom. The molecule has 2 aromatic carbocycles. The molecule has 0 aliphatic carbocycles. The van der Waals surface area contributed by atoms with Crippen LogP contribution in [-0.2, 0) is 16.0 Å². The number of hydrogen-bond acceptors (Lipinski definition) is 5. The summed E-state index contributed by atoms with van der Waals surface area (Å²) in [6, 6.07) is 15.7. The average Bonchev–Trinajstić information content (AvgIpc) is 2.84. The van der Waals surface area contributed by atoms with Gasteiger partial charge in [-0.2, -0.15) is 0 Å². The molecule has 2 unspecified atom stereocenters. The van der Waals surface area contributed by atoms with E-state index in [0.717, 1.165) is 18.5 Å².